The van der Waals surface area contributed by atoms with Crippen molar-refractivity contribution in [3.8, 4) is 0 Å². The SMILES string of the molecule is CCCC(CC)N(C)C(=O)OC. The first kappa shape index (κ1) is 11.3. The molecule has 0 aromatic heterocycles. The number of nitrogens with zero attached hydrogens (tertiary/aromatic N) is 1. The van der Waals surface area contributed by atoms with Gasteiger partial charge in [-0.1, -0.05) is 20.3 Å². The number of ether oxygens (including phenoxy) is 1. The molecule has 0 fully saturated rings. The van der Waals surface area contributed by atoms with Crippen molar-refractivity contribution in [2.24, 2.45) is 0 Å². The zero-order valence-electron chi connectivity index (χ0n) is 8.46. The van der Waals surface area contributed by atoms with Crippen LogP contribution in [-0.2, 0) is 4.74 Å². The number of hydrogen-bond donors (Lipinski definition) is 0. The first-order valence-corrected chi connectivity index (χ1v) is 4.48. The molecule has 0 rings (SSSR count). The van der Waals surface area contributed by atoms with Gasteiger partial charge < -0.3 is 9.64 Å². The van der Waals surface area contributed by atoms with Gasteiger partial charge in [0, 0.05) is 13.1 Å². The predicted octanol–water partition coefficient (Wildman–Crippen LogP) is 2.26. The topological polar surface area (TPSA) is 29.5 Å². The minimum Gasteiger partial charge on any atom is -0.453 e. The van der Waals surface area contributed by atoms with Crippen molar-refractivity contribution in [3.63, 3.8) is 0 Å². The molecule has 0 aliphatic rings. The van der Waals surface area contributed by atoms with E-state index in [1.165, 1.54) is 7.11 Å². The predicted molar refractivity (Wildman–Crippen MR) is 49.2 cm³/mol. The van der Waals surface area contributed by atoms with Crippen LogP contribution < -0.4 is 0 Å². The summed E-state index contributed by atoms with van der Waals surface area (Å²) in [4.78, 5) is 12.8. The molecule has 0 saturated heterocycles. The summed E-state index contributed by atoms with van der Waals surface area (Å²) in [6, 6.07) is 0.322. The maximum atomic E-state index is 11.1. The molecule has 0 aromatic rings. The number of carbonyl (C=O) groups excluding carboxylic acids is 1. The Morgan fingerprint density at radius 3 is 2.42 bits per heavy atom. The minimum absolute atomic E-state index is 0.240. The molecule has 0 radical (unpaired) electrons. The van der Waals surface area contributed by atoms with Crippen molar-refractivity contribution in [1.29, 1.82) is 0 Å². The molecule has 12 heavy (non-hydrogen) atoms. The van der Waals surface area contributed by atoms with E-state index in [0.717, 1.165) is 19.3 Å². The largest absolute Gasteiger partial charge is 0.453 e. The van der Waals surface area contributed by atoms with Crippen LogP contribution in [0.4, 0.5) is 4.79 Å². The van der Waals surface area contributed by atoms with Crippen LogP contribution in [0.5, 0.6) is 0 Å². The summed E-state index contributed by atoms with van der Waals surface area (Å²) in [5, 5.41) is 0. The highest BCUT2D eigenvalue weighted by molar-refractivity contribution is 5.67. The van der Waals surface area contributed by atoms with E-state index in [9.17, 15) is 4.79 Å². The lowest BCUT2D eigenvalue weighted by Crippen LogP contribution is -2.36. The fourth-order valence-corrected chi connectivity index (χ4v) is 1.30. The van der Waals surface area contributed by atoms with Crippen molar-refractivity contribution >= 4 is 6.09 Å². The normalized spacial score (nSPS) is 12.3. The summed E-state index contributed by atoms with van der Waals surface area (Å²) in [6.45, 7) is 4.20. The van der Waals surface area contributed by atoms with E-state index in [-0.39, 0.29) is 6.09 Å². The summed E-state index contributed by atoms with van der Waals surface area (Å²) < 4.78 is 4.63. The summed E-state index contributed by atoms with van der Waals surface area (Å²) in [7, 11) is 3.20. The monoisotopic (exact) mass is 173 g/mol. The maximum Gasteiger partial charge on any atom is 0.409 e. The maximum absolute atomic E-state index is 11.1. The third-order valence-electron chi connectivity index (χ3n) is 2.10. The Labute approximate surface area is 74.7 Å². The van der Waals surface area contributed by atoms with Gasteiger partial charge >= 0.3 is 6.09 Å². The fraction of sp³-hybridized carbons (Fsp3) is 0.889. The lowest BCUT2D eigenvalue weighted by molar-refractivity contribution is 0.114. The first-order chi connectivity index (χ1) is 5.67. The molecule has 0 N–H and O–H groups in total. The molecule has 1 unspecified atom stereocenters. The van der Waals surface area contributed by atoms with Gasteiger partial charge in [-0.3, -0.25) is 0 Å². The average Bonchev–Trinajstić information content (AvgIpc) is 2.11. The number of amides is 1. The third kappa shape index (κ3) is 3.11. The van der Waals surface area contributed by atoms with Crippen molar-refractivity contribution in [3.05, 3.63) is 0 Å². The molecule has 0 aliphatic carbocycles. The molecule has 0 saturated carbocycles. The second kappa shape index (κ2) is 5.86. The number of hydrogen-bond acceptors (Lipinski definition) is 2. The molecule has 3 nitrogen and oxygen atoms in total. The quantitative estimate of drug-likeness (QED) is 0.652. The molecule has 0 aromatic carbocycles. The Bertz CT molecular complexity index is 136. The first-order valence-electron chi connectivity index (χ1n) is 4.48. The molecule has 3 heteroatoms. The van der Waals surface area contributed by atoms with Crippen LogP contribution in [0.2, 0.25) is 0 Å². The van der Waals surface area contributed by atoms with E-state index in [1.807, 2.05) is 0 Å². The highest BCUT2D eigenvalue weighted by Crippen LogP contribution is 2.09. The second-order valence-corrected chi connectivity index (χ2v) is 2.93. The Balaban J connectivity index is 4.00. The molecule has 1 amide bonds. The lowest BCUT2D eigenvalue weighted by Gasteiger charge is -2.25. The summed E-state index contributed by atoms with van der Waals surface area (Å²) in [5.41, 5.74) is 0. The zero-order valence-corrected chi connectivity index (χ0v) is 8.46. The van der Waals surface area contributed by atoms with Crippen LogP contribution in [0.25, 0.3) is 0 Å². The van der Waals surface area contributed by atoms with Crippen molar-refractivity contribution in [2.75, 3.05) is 14.2 Å². The Morgan fingerprint density at radius 2 is 2.08 bits per heavy atom. The minimum atomic E-state index is -0.240. The van der Waals surface area contributed by atoms with Crippen LogP contribution >= 0.6 is 0 Å². The van der Waals surface area contributed by atoms with Crippen LogP contribution in [0, 0.1) is 0 Å². The number of carbonyl (C=O) groups is 1. The molecule has 1 atom stereocenters. The van der Waals surface area contributed by atoms with Gasteiger partial charge in [0.2, 0.25) is 0 Å². The van der Waals surface area contributed by atoms with E-state index in [2.05, 4.69) is 18.6 Å². The summed E-state index contributed by atoms with van der Waals surface area (Å²) in [5.74, 6) is 0. The van der Waals surface area contributed by atoms with Gasteiger partial charge in [0.15, 0.2) is 0 Å². The van der Waals surface area contributed by atoms with Gasteiger partial charge in [0.05, 0.1) is 7.11 Å². The molecular formula is C9H19NO2. The van der Waals surface area contributed by atoms with E-state index in [1.54, 1.807) is 11.9 Å². The molecule has 0 spiro atoms. The molecule has 72 valence electrons. The fourth-order valence-electron chi connectivity index (χ4n) is 1.30. The average molecular weight is 173 g/mol. The summed E-state index contributed by atoms with van der Waals surface area (Å²) >= 11 is 0. The number of rotatable bonds is 4. The lowest BCUT2D eigenvalue weighted by atomic mass is 10.1. The second-order valence-electron chi connectivity index (χ2n) is 2.93. The summed E-state index contributed by atoms with van der Waals surface area (Å²) in [6.07, 6.45) is 2.89. The molecule has 0 heterocycles. The van der Waals surface area contributed by atoms with Gasteiger partial charge in [0.25, 0.3) is 0 Å². The standard InChI is InChI=1S/C9H19NO2/c1-5-7-8(6-2)10(3)9(11)12-4/h8H,5-7H2,1-4H3. The zero-order chi connectivity index (χ0) is 9.56. The highest BCUT2D eigenvalue weighted by Gasteiger charge is 2.17. The van der Waals surface area contributed by atoms with Crippen LogP contribution in [0.3, 0.4) is 0 Å². The van der Waals surface area contributed by atoms with Crippen LogP contribution in [0.15, 0.2) is 0 Å². The molecular weight excluding hydrogens is 154 g/mol. The van der Waals surface area contributed by atoms with Gasteiger partial charge in [-0.2, -0.15) is 0 Å². The Morgan fingerprint density at radius 1 is 1.50 bits per heavy atom. The van der Waals surface area contributed by atoms with E-state index >= 15 is 0 Å². The Hall–Kier alpha value is -0.730. The van der Waals surface area contributed by atoms with Crippen LogP contribution in [-0.4, -0.2) is 31.2 Å². The van der Waals surface area contributed by atoms with E-state index < -0.39 is 0 Å². The van der Waals surface area contributed by atoms with Gasteiger partial charge in [-0.05, 0) is 12.8 Å². The van der Waals surface area contributed by atoms with Gasteiger partial charge in [-0.15, -0.1) is 0 Å². The van der Waals surface area contributed by atoms with Crippen LogP contribution in [0.1, 0.15) is 33.1 Å². The van der Waals surface area contributed by atoms with Crippen molar-refractivity contribution in [2.45, 2.75) is 39.2 Å². The highest BCUT2D eigenvalue weighted by atomic mass is 16.5. The smallest absolute Gasteiger partial charge is 0.409 e. The number of methoxy groups -OCH3 is 1. The van der Waals surface area contributed by atoms with Crippen molar-refractivity contribution < 1.29 is 9.53 Å². The van der Waals surface area contributed by atoms with Gasteiger partial charge in [0.1, 0.15) is 0 Å². The Kier molecular flexibility index (Phi) is 5.51. The van der Waals surface area contributed by atoms with Gasteiger partial charge in [-0.25, -0.2) is 4.79 Å². The van der Waals surface area contributed by atoms with E-state index in [0.29, 0.717) is 6.04 Å². The van der Waals surface area contributed by atoms with E-state index in [4.69, 9.17) is 0 Å². The molecule has 0 bridgehead atoms. The van der Waals surface area contributed by atoms with Crippen molar-refractivity contribution in [1.82, 2.24) is 4.90 Å². The molecule has 0 aliphatic heterocycles. The third-order valence-corrected chi connectivity index (χ3v) is 2.10.